The number of pyridine rings is 1. The number of nitrogens with zero attached hydrogens (tertiary/aromatic N) is 5. The molecule has 1 aliphatic rings. The molecule has 1 aromatic carbocycles. The molecule has 0 saturated heterocycles. The lowest BCUT2D eigenvalue weighted by molar-refractivity contribution is 0.264. The van der Waals surface area contributed by atoms with Crippen molar-refractivity contribution < 1.29 is 0 Å². The van der Waals surface area contributed by atoms with Crippen molar-refractivity contribution in [1.82, 2.24) is 29.0 Å². The van der Waals surface area contributed by atoms with Gasteiger partial charge in [0.25, 0.3) is 0 Å². The largest absolute Gasteiger partial charge is 0.334 e. The van der Waals surface area contributed by atoms with Crippen LogP contribution in [0.4, 0.5) is 0 Å². The number of aromatic nitrogens is 5. The number of aryl methyl sites for hydroxylation is 1. The highest BCUT2D eigenvalue weighted by molar-refractivity contribution is 5.80. The fourth-order valence-corrected chi connectivity index (χ4v) is 5.58. The second-order valence-corrected chi connectivity index (χ2v) is 12.1. The van der Waals surface area contributed by atoms with Crippen LogP contribution in [0.25, 0.3) is 22.4 Å². The van der Waals surface area contributed by atoms with Crippen LogP contribution in [0.3, 0.4) is 0 Å². The van der Waals surface area contributed by atoms with E-state index in [9.17, 15) is 4.79 Å². The maximum Gasteiger partial charge on any atom is 0.334 e. The van der Waals surface area contributed by atoms with Crippen molar-refractivity contribution in [2.75, 3.05) is 6.54 Å². The van der Waals surface area contributed by atoms with Crippen LogP contribution in [0, 0.1) is 19.3 Å². The molecule has 1 fully saturated rings. The average molecular weight is 489 g/mol. The molecular formula is C29H40N6O. The molecule has 0 spiro atoms. The van der Waals surface area contributed by atoms with Crippen LogP contribution in [0.15, 0.2) is 35.5 Å². The van der Waals surface area contributed by atoms with Crippen molar-refractivity contribution >= 4 is 16.7 Å². The van der Waals surface area contributed by atoms with E-state index in [1.807, 2.05) is 10.8 Å². The van der Waals surface area contributed by atoms with E-state index in [-0.39, 0.29) is 17.1 Å². The highest BCUT2D eigenvalue weighted by Gasteiger charge is 2.28. The molecule has 36 heavy (non-hydrogen) atoms. The molecular weight excluding hydrogens is 448 g/mol. The number of nitrogens with one attached hydrogen (secondary N) is 1. The van der Waals surface area contributed by atoms with E-state index in [2.05, 4.69) is 86.6 Å². The number of hydrogen-bond donors (Lipinski definition) is 1. The Labute approximate surface area is 213 Å². The van der Waals surface area contributed by atoms with Crippen molar-refractivity contribution in [3.05, 3.63) is 57.9 Å². The minimum atomic E-state index is 0.0407. The summed E-state index contributed by atoms with van der Waals surface area (Å²) >= 11 is 0. The van der Waals surface area contributed by atoms with Gasteiger partial charge >= 0.3 is 5.69 Å². The zero-order valence-corrected chi connectivity index (χ0v) is 22.8. The maximum absolute atomic E-state index is 14.2. The van der Waals surface area contributed by atoms with E-state index in [1.54, 1.807) is 10.8 Å². The van der Waals surface area contributed by atoms with Crippen molar-refractivity contribution in [3.8, 4) is 5.69 Å². The van der Waals surface area contributed by atoms with Crippen molar-refractivity contribution in [2.45, 2.75) is 92.2 Å². The molecule has 0 atom stereocenters. The standard InChI is InChI=1S/C29H40N6O/c1-18(2)21-8-13-24-25(14-21)34(23-11-9-22(10-12-23)30-16-29(5,6)7)28(36)35(24)26-15-33-27(31-17-32-33)20(4)19(26)3/h8,13-15,17-18,22-23,30H,9-12,16H2,1-7H3. The van der Waals surface area contributed by atoms with Gasteiger partial charge in [0, 0.05) is 18.6 Å². The summed E-state index contributed by atoms with van der Waals surface area (Å²) in [5.74, 6) is 0.397. The fraction of sp³-hybridized carbons (Fsp3) is 0.552. The number of rotatable bonds is 5. The van der Waals surface area contributed by atoms with Crippen LogP contribution in [0.2, 0.25) is 0 Å². The second-order valence-electron chi connectivity index (χ2n) is 12.1. The van der Waals surface area contributed by atoms with Gasteiger partial charge in [0.2, 0.25) is 0 Å². The summed E-state index contributed by atoms with van der Waals surface area (Å²) in [5.41, 5.74) is 7.37. The van der Waals surface area contributed by atoms with Gasteiger partial charge in [-0.25, -0.2) is 14.3 Å². The molecule has 0 amide bonds. The number of fused-ring (bicyclic) bond motifs is 2. The number of imidazole rings is 1. The van der Waals surface area contributed by atoms with Gasteiger partial charge in [-0.1, -0.05) is 40.7 Å². The van der Waals surface area contributed by atoms with Gasteiger partial charge in [-0.05, 0) is 79.7 Å². The molecule has 1 aliphatic carbocycles. The lowest BCUT2D eigenvalue weighted by Gasteiger charge is -2.32. The SMILES string of the molecule is Cc1c(-n2c(=O)n(C3CCC(NCC(C)(C)C)CC3)c3cc(C(C)C)ccc32)cn2ncnc2c1C. The molecule has 7 heteroatoms. The van der Waals surface area contributed by atoms with E-state index in [4.69, 9.17) is 0 Å². The van der Waals surface area contributed by atoms with Gasteiger partial charge in [0.1, 0.15) is 6.33 Å². The first-order valence-corrected chi connectivity index (χ1v) is 13.4. The topological polar surface area (TPSA) is 69.2 Å². The predicted molar refractivity (Wildman–Crippen MR) is 146 cm³/mol. The maximum atomic E-state index is 14.2. The molecule has 5 rings (SSSR count). The van der Waals surface area contributed by atoms with Gasteiger partial charge < -0.3 is 5.32 Å². The van der Waals surface area contributed by atoms with E-state index in [0.29, 0.717) is 12.0 Å². The lowest BCUT2D eigenvalue weighted by Crippen LogP contribution is -2.39. The normalized spacial score (nSPS) is 19.1. The molecule has 0 aliphatic heterocycles. The highest BCUT2D eigenvalue weighted by atomic mass is 16.1. The summed E-state index contributed by atoms with van der Waals surface area (Å²) in [6.07, 6.45) is 7.71. The van der Waals surface area contributed by atoms with Crippen LogP contribution in [-0.2, 0) is 0 Å². The molecule has 0 bridgehead atoms. The van der Waals surface area contributed by atoms with E-state index in [0.717, 1.165) is 65.7 Å². The van der Waals surface area contributed by atoms with E-state index >= 15 is 0 Å². The second kappa shape index (κ2) is 9.18. The molecule has 7 nitrogen and oxygen atoms in total. The number of benzene rings is 1. The lowest BCUT2D eigenvalue weighted by atomic mass is 9.89. The van der Waals surface area contributed by atoms with E-state index < -0.39 is 0 Å². The Morgan fingerprint density at radius 2 is 1.78 bits per heavy atom. The minimum absolute atomic E-state index is 0.0407. The molecule has 3 heterocycles. The van der Waals surface area contributed by atoms with Crippen molar-refractivity contribution in [3.63, 3.8) is 0 Å². The third-order valence-corrected chi connectivity index (χ3v) is 7.89. The zero-order valence-electron chi connectivity index (χ0n) is 22.8. The van der Waals surface area contributed by atoms with Crippen LogP contribution in [0.1, 0.15) is 89.0 Å². The van der Waals surface area contributed by atoms with Crippen molar-refractivity contribution in [1.29, 1.82) is 0 Å². The smallest absolute Gasteiger partial charge is 0.313 e. The van der Waals surface area contributed by atoms with Crippen LogP contribution >= 0.6 is 0 Å². The summed E-state index contributed by atoms with van der Waals surface area (Å²) < 4.78 is 5.76. The van der Waals surface area contributed by atoms with Gasteiger partial charge in [0.05, 0.1) is 22.9 Å². The Hall–Kier alpha value is -2.93. The molecule has 1 saturated carbocycles. The predicted octanol–water partition coefficient (Wildman–Crippen LogP) is 5.69. The first-order chi connectivity index (χ1) is 17.0. The van der Waals surface area contributed by atoms with Crippen LogP contribution in [-0.4, -0.2) is 36.3 Å². The fourth-order valence-electron chi connectivity index (χ4n) is 5.58. The molecule has 4 aromatic rings. The third-order valence-electron chi connectivity index (χ3n) is 7.89. The molecule has 1 N–H and O–H groups in total. The van der Waals surface area contributed by atoms with Gasteiger partial charge in [-0.2, -0.15) is 5.10 Å². The Morgan fingerprint density at radius 1 is 1.06 bits per heavy atom. The molecule has 0 unspecified atom stereocenters. The monoisotopic (exact) mass is 488 g/mol. The average Bonchev–Trinajstić information content (AvgIpc) is 3.41. The van der Waals surface area contributed by atoms with Gasteiger partial charge in [-0.15, -0.1) is 0 Å². The molecule has 3 aromatic heterocycles. The van der Waals surface area contributed by atoms with Gasteiger partial charge in [-0.3, -0.25) is 9.13 Å². The first-order valence-electron chi connectivity index (χ1n) is 13.4. The van der Waals surface area contributed by atoms with Crippen molar-refractivity contribution in [2.24, 2.45) is 5.41 Å². The van der Waals surface area contributed by atoms with Crippen LogP contribution in [0.5, 0.6) is 0 Å². The third kappa shape index (κ3) is 4.38. The Balaban J connectivity index is 1.60. The Bertz CT molecular complexity index is 1460. The summed E-state index contributed by atoms with van der Waals surface area (Å²) in [6, 6.07) is 7.25. The summed E-state index contributed by atoms with van der Waals surface area (Å²) in [6.45, 7) is 16.4. The first kappa shape index (κ1) is 24.8. The molecule has 0 radical (unpaired) electrons. The molecule has 192 valence electrons. The minimum Gasteiger partial charge on any atom is -0.313 e. The summed E-state index contributed by atoms with van der Waals surface area (Å²) in [7, 11) is 0. The zero-order chi connectivity index (χ0) is 25.8. The van der Waals surface area contributed by atoms with E-state index in [1.165, 1.54) is 5.56 Å². The summed E-state index contributed by atoms with van der Waals surface area (Å²) in [4.78, 5) is 18.6. The number of hydrogen-bond acceptors (Lipinski definition) is 4. The Morgan fingerprint density at radius 3 is 2.44 bits per heavy atom. The highest BCUT2D eigenvalue weighted by Crippen LogP contribution is 2.33. The quantitative estimate of drug-likeness (QED) is 0.392. The van der Waals surface area contributed by atoms with Crippen LogP contribution < -0.4 is 11.0 Å². The van der Waals surface area contributed by atoms with Gasteiger partial charge in [0.15, 0.2) is 5.65 Å². The summed E-state index contributed by atoms with van der Waals surface area (Å²) in [5, 5.41) is 8.13. The Kier molecular flexibility index (Phi) is 6.31.